The maximum atomic E-state index is 11.4. The lowest BCUT2D eigenvalue weighted by molar-refractivity contribution is -0.146. The summed E-state index contributed by atoms with van der Waals surface area (Å²) in [6, 6.07) is 5.21. The number of rotatable bonds is 5. The van der Waals surface area contributed by atoms with Crippen molar-refractivity contribution in [1.29, 1.82) is 0 Å². The van der Waals surface area contributed by atoms with Crippen LogP contribution in [0.4, 0.5) is 10.5 Å². The van der Waals surface area contributed by atoms with Crippen LogP contribution in [-0.4, -0.2) is 40.8 Å². The van der Waals surface area contributed by atoms with Crippen LogP contribution in [0, 0.1) is 0 Å². The minimum absolute atomic E-state index is 0.225. The maximum Gasteiger partial charge on any atom is 0.334 e. The van der Waals surface area contributed by atoms with E-state index in [1.54, 1.807) is 0 Å². The SMILES string of the molecule is NC(=O)c1cccc(NC(=O)NCC(O)C(=O)O)c1. The van der Waals surface area contributed by atoms with E-state index in [0.717, 1.165) is 0 Å². The van der Waals surface area contributed by atoms with E-state index in [4.69, 9.17) is 15.9 Å². The van der Waals surface area contributed by atoms with Crippen LogP contribution >= 0.6 is 0 Å². The van der Waals surface area contributed by atoms with Gasteiger partial charge >= 0.3 is 12.0 Å². The van der Waals surface area contributed by atoms with Gasteiger partial charge in [0.25, 0.3) is 0 Å². The first-order chi connectivity index (χ1) is 8.90. The molecular weight excluding hydrogens is 254 g/mol. The predicted molar refractivity (Wildman–Crippen MR) is 65.6 cm³/mol. The molecule has 0 radical (unpaired) electrons. The molecule has 19 heavy (non-hydrogen) atoms. The number of aliphatic hydroxyl groups is 1. The van der Waals surface area contributed by atoms with Crippen LogP contribution in [0.5, 0.6) is 0 Å². The Morgan fingerprint density at radius 2 is 2.00 bits per heavy atom. The first kappa shape index (κ1) is 14.5. The first-order valence-corrected chi connectivity index (χ1v) is 5.25. The normalized spacial score (nSPS) is 11.4. The molecule has 1 aromatic carbocycles. The number of hydrogen-bond acceptors (Lipinski definition) is 4. The molecule has 0 aliphatic heterocycles. The third-order valence-corrected chi connectivity index (χ3v) is 2.15. The van der Waals surface area contributed by atoms with Gasteiger partial charge in [0.15, 0.2) is 6.10 Å². The summed E-state index contributed by atoms with van der Waals surface area (Å²) in [5.41, 5.74) is 5.62. The Morgan fingerprint density at radius 1 is 1.32 bits per heavy atom. The maximum absolute atomic E-state index is 11.4. The van der Waals surface area contributed by atoms with Crippen molar-refractivity contribution in [1.82, 2.24) is 5.32 Å². The van der Waals surface area contributed by atoms with Crippen molar-refractivity contribution in [2.24, 2.45) is 5.73 Å². The highest BCUT2D eigenvalue weighted by atomic mass is 16.4. The number of urea groups is 1. The van der Waals surface area contributed by atoms with Gasteiger partial charge in [0.05, 0.1) is 6.54 Å². The molecule has 0 heterocycles. The van der Waals surface area contributed by atoms with Gasteiger partial charge in [0.1, 0.15) is 0 Å². The third-order valence-electron chi connectivity index (χ3n) is 2.15. The van der Waals surface area contributed by atoms with E-state index in [1.165, 1.54) is 24.3 Å². The van der Waals surface area contributed by atoms with Crippen molar-refractivity contribution in [2.75, 3.05) is 11.9 Å². The zero-order valence-electron chi connectivity index (χ0n) is 9.79. The van der Waals surface area contributed by atoms with Crippen LogP contribution in [0.2, 0.25) is 0 Å². The number of carboxylic acid groups (broad SMARTS) is 1. The molecule has 0 aliphatic carbocycles. The molecule has 8 nitrogen and oxygen atoms in total. The Labute approximate surface area is 108 Å². The van der Waals surface area contributed by atoms with Gasteiger partial charge in [-0.15, -0.1) is 0 Å². The number of primary amides is 1. The summed E-state index contributed by atoms with van der Waals surface area (Å²) >= 11 is 0. The molecule has 0 fully saturated rings. The van der Waals surface area contributed by atoms with Crippen molar-refractivity contribution < 1.29 is 24.6 Å². The number of carboxylic acids is 1. The highest BCUT2D eigenvalue weighted by Gasteiger charge is 2.14. The number of hydrogen-bond donors (Lipinski definition) is 5. The van der Waals surface area contributed by atoms with Gasteiger partial charge in [0.2, 0.25) is 5.91 Å². The van der Waals surface area contributed by atoms with Gasteiger partial charge in [-0.25, -0.2) is 9.59 Å². The smallest absolute Gasteiger partial charge is 0.334 e. The molecular formula is C11H13N3O5. The van der Waals surface area contributed by atoms with Crippen LogP contribution < -0.4 is 16.4 Å². The second-order valence-corrected chi connectivity index (χ2v) is 3.63. The molecule has 102 valence electrons. The van der Waals surface area contributed by atoms with E-state index in [9.17, 15) is 14.4 Å². The van der Waals surface area contributed by atoms with Crippen LogP contribution in [0.1, 0.15) is 10.4 Å². The third kappa shape index (κ3) is 4.64. The summed E-state index contributed by atoms with van der Waals surface area (Å²) < 4.78 is 0. The van der Waals surface area contributed by atoms with Gasteiger partial charge in [0, 0.05) is 11.3 Å². The average Bonchev–Trinajstić information content (AvgIpc) is 2.36. The number of nitrogens with two attached hydrogens (primary N) is 1. The molecule has 1 atom stereocenters. The standard InChI is InChI=1S/C11H13N3O5/c12-9(16)6-2-1-3-7(4-6)14-11(19)13-5-8(15)10(17)18/h1-4,8,15H,5H2,(H2,12,16)(H,17,18)(H2,13,14,19). The van der Waals surface area contributed by atoms with Crippen molar-refractivity contribution in [2.45, 2.75) is 6.10 Å². The molecule has 1 unspecified atom stereocenters. The minimum atomic E-state index is -1.68. The zero-order chi connectivity index (χ0) is 14.4. The number of benzene rings is 1. The molecule has 0 aliphatic rings. The van der Waals surface area contributed by atoms with Crippen molar-refractivity contribution in [3.8, 4) is 0 Å². The second kappa shape index (κ2) is 6.36. The minimum Gasteiger partial charge on any atom is -0.479 e. The molecule has 0 saturated heterocycles. The van der Waals surface area contributed by atoms with Crippen molar-refractivity contribution in [3.05, 3.63) is 29.8 Å². The predicted octanol–water partition coefficient (Wildman–Crippen LogP) is -0.647. The number of anilines is 1. The fourth-order valence-corrected chi connectivity index (χ4v) is 1.20. The summed E-state index contributed by atoms with van der Waals surface area (Å²) in [5, 5.41) is 21.9. The molecule has 1 aromatic rings. The number of aliphatic carboxylic acids is 1. The van der Waals surface area contributed by atoms with Crippen molar-refractivity contribution in [3.63, 3.8) is 0 Å². The number of aliphatic hydroxyl groups excluding tert-OH is 1. The molecule has 0 saturated carbocycles. The van der Waals surface area contributed by atoms with Crippen LogP contribution in [0.3, 0.4) is 0 Å². The van der Waals surface area contributed by atoms with Gasteiger partial charge in [-0.3, -0.25) is 4.79 Å². The zero-order valence-corrected chi connectivity index (χ0v) is 9.79. The van der Waals surface area contributed by atoms with E-state index < -0.39 is 30.6 Å². The monoisotopic (exact) mass is 267 g/mol. The molecule has 1 rings (SSSR count). The molecule has 3 amide bonds. The summed E-state index contributed by atoms with van der Waals surface area (Å²) in [4.78, 5) is 32.6. The fraction of sp³-hybridized carbons (Fsp3) is 0.182. The topological polar surface area (TPSA) is 142 Å². The van der Waals surface area contributed by atoms with Crippen LogP contribution in [-0.2, 0) is 4.79 Å². The van der Waals surface area contributed by atoms with Crippen LogP contribution in [0.25, 0.3) is 0 Å². The number of amides is 3. The summed E-state index contributed by atoms with van der Waals surface area (Å²) in [6.07, 6.45) is -1.68. The van der Waals surface area contributed by atoms with E-state index in [-0.39, 0.29) is 5.56 Å². The largest absolute Gasteiger partial charge is 0.479 e. The lowest BCUT2D eigenvalue weighted by Crippen LogP contribution is -2.38. The summed E-state index contributed by atoms with van der Waals surface area (Å²) in [5.74, 6) is -2.07. The van der Waals surface area contributed by atoms with Gasteiger partial charge in [-0.1, -0.05) is 6.07 Å². The summed E-state index contributed by atoms with van der Waals surface area (Å²) in [6.45, 7) is -0.434. The molecule has 8 heteroatoms. The number of carbonyl (C=O) groups is 3. The highest BCUT2D eigenvalue weighted by Crippen LogP contribution is 2.09. The van der Waals surface area contributed by atoms with Gasteiger partial charge in [-0.05, 0) is 18.2 Å². The first-order valence-electron chi connectivity index (χ1n) is 5.25. The Bertz CT molecular complexity index is 503. The Balaban J connectivity index is 2.55. The second-order valence-electron chi connectivity index (χ2n) is 3.63. The highest BCUT2D eigenvalue weighted by molar-refractivity contribution is 5.95. The molecule has 0 bridgehead atoms. The van der Waals surface area contributed by atoms with E-state index >= 15 is 0 Å². The van der Waals surface area contributed by atoms with E-state index in [1.807, 2.05) is 0 Å². The molecule has 0 aromatic heterocycles. The lowest BCUT2D eigenvalue weighted by Gasteiger charge is -2.09. The van der Waals surface area contributed by atoms with E-state index in [0.29, 0.717) is 5.69 Å². The fourth-order valence-electron chi connectivity index (χ4n) is 1.20. The summed E-state index contributed by atoms with van der Waals surface area (Å²) in [7, 11) is 0. The molecule has 6 N–H and O–H groups in total. The van der Waals surface area contributed by atoms with Crippen LogP contribution in [0.15, 0.2) is 24.3 Å². The number of carbonyl (C=O) groups excluding carboxylic acids is 2. The van der Waals surface area contributed by atoms with Crippen molar-refractivity contribution >= 4 is 23.6 Å². The quantitative estimate of drug-likeness (QED) is 0.482. The van der Waals surface area contributed by atoms with E-state index in [2.05, 4.69) is 10.6 Å². The van der Waals surface area contributed by atoms with Gasteiger partial charge < -0.3 is 26.6 Å². The lowest BCUT2D eigenvalue weighted by atomic mass is 10.2. The van der Waals surface area contributed by atoms with Gasteiger partial charge in [-0.2, -0.15) is 0 Å². The average molecular weight is 267 g/mol. The Morgan fingerprint density at radius 3 is 2.58 bits per heavy atom. The number of nitrogens with one attached hydrogen (secondary N) is 2. The Kier molecular flexibility index (Phi) is 4.84. The Hall–Kier alpha value is -2.61. The molecule has 0 spiro atoms.